The molecule has 5 heteroatoms. The van der Waals surface area contributed by atoms with Gasteiger partial charge in [-0.3, -0.25) is 9.48 Å². The van der Waals surface area contributed by atoms with Gasteiger partial charge >= 0.3 is 0 Å². The molecule has 1 N–H and O–H groups in total. The molecule has 0 aromatic carbocycles. The van der Waals surface area contributed by atoms with Gasteiger partial charge in [-0.25, -0.2) is 0 Å². The lowest BCUT2D eigenvalue weighted by Crippen LogP contribution is -2.40. The topological polar surface area (TPSA) is 58.4 Å². The Hall–Kier alpha value is -1.36. The first kappa shape index (κ1) is 15.0. The Labute approximate surface area is 120 Å². The highest BCUT2D eigenvalue weighted by Gasteiger charge is 2.49. The van der Waals surface area contributed by atoms with Crippen molar-refractivity contribution < 1.29 is 9.90 Å². The van der Waals surface area contributed by atoms with Crippen LogP contribution in [0.4, 0.5) is 0 Å². The average Bonchev–Trinajstić information content (AvgIpc) is 2.78. The lowest BCUT2D eigenvalue weighted by molar-refractivity contribution is -0.0108. The van der Waals surface area contributed by atoms with E-state index in [0.29, 0.717) is 18.7 Å². The van der Waals surface area contributed by atoms with Crippen LogP contribution in [0, 0.1) is 12.3 Å². The molecule has 0 spiro atoms. The van der Waals surface area contributed by atoms with Crippen LogP contribution in [0.5, 0.6) is 0 Å². The van der Waals surface area contributed by atoms with Gasteiger partial charge < -0.3 is 10.0 Å². The van der Waals surface area contributed by atoms with Crippen LogP contribution in [0.3, 0.4) is 0 Å². The van der Waals surface area contributed by atoms with Gasteiger partial charge in [0.2, 0.25) is 0 Å². The molecular formula is C15H25N3O2. The van der Waals surface area contributed by atoms with Crippen LogP contribution in [0.15, 0.2) is 6.20 Å². The molecule has 2 rings (SSSR count). The van der Waals surface area contributed by atoms with Gasteiger partial charge in [0, 0.05) is 24.2 Å². The minimum absolute atomic E-state index is 0.0318. The second-order valence-electron chi connectivity index (χ2n) is 6.69. The summed E-state index contributed by atoms with van der Waals surface area (Å²) in [5, 5.41) is 14.7. The maximum Gasteiger partial charge on any atom is 0.257 e. The minimum atomic E-state index is -0.851. The Morgan fingerprint density at radius 2 is 2.05 bits per heavy atom. The summed E-state index contributed by atoms with van der Waals surface area (Å²) in [4.78, 5) is 14.4. The van der Waals surface area contributed by atoms with Crippen molar-refractivity contribution in [2.75, 3.05) is 13.1 Å². The van der Waals surface area contributed by atoms with Crippen LogP contribution in [0.2, 0.25) is 0 Å². The normalized spacial score (nSPS) is 25.2. The van der Waals surface area contributed by atoms with Crippen LogP contribution in [-0.2, 0) is 6.54 Å². The van der Waals surface area contributed by atoms with E-state index in [1.165, 1.54) is 0 Å². The second-order valence-corrected chi connectivity index (χ2v) is 6.69. The summed E-state index contributed by atoms with van der Waals surface area (Å²) in [5.74, 6) is -0.0318. The second kappa shape index (κ2) is 4.88. The fraction of sp³-hybridized carbons (Fsp3) is 0.733. The first-order chi connectivity index (χ1) is 9.19. The molecule has 2 heterocycles. The van der Waals surface area contributed by atoms with Crippen LogP contribution in [0.25, 0.3) is 0 Å². The van der Waals surface area contributed by atoms with E-state index < -0.39 is 5.60 Å². The van der Waals surface area contributed by atoms with Crippen LogP contribution < -0.4 is 0 Å². The van der Waals surface area contributed by atoms with Crippen LogP contribution in [0.1, 0.15) is 50.2 Å². The zero-order valence-electron chi connectivity index (χ0n) is 13.1. The fourth-order valence-electron chi connectivity index (χ4n) is 2.70. The molecule has 112 valence electrons. The van der Waals surface area contributed by atoms with Crippen molar-refractivity contribution in [1.82, 2.24) is 14.7 Å². The van der Waals surface area contributed by atoms with Gasteiger partial charge in [-0.2, -0.15) is 5.10 Å². The third-order valence-corrected chi connectivity index (χ3v) is 4.60. The summed E-state index contributed by atoms with van der Waals surface area (Å²) < 4.78 is 1.87. The molecule has 1 aromatic heterocycles. The van der Waals surface area contributed by atoms with Crippen molar-refractivity contribution >= 4 is 5.91 Å². The number of nitrogens with zero attached hydrogens (tertiary/aromatic N) is 3. The lowest BCUT2D eigenvalue weighted by atomic mass is 9.79. The smallest absolute Gasteiger partial charge is 0.257 e. The van der Waals surface area contributed by atoms with Gasteiger partial charge in [0.1, 0.15) is 0 Å². The summed E-state index contributed by atoms with van der Waals surface area (Å²) in [6, 6.07) is 0. The molecule has 1 aliphatic heterocycles. The molecule has 0 saturated carbocycles. The van der Waals surface area contributed by atoms with E-state index in [2.05, 4.69) is 12.0 Å². The predicted octanol–water partition coefficient (Wildman–Crippen LogP) is 1.83. The van der Waals surface area contributed by atoms with Crippen LogP contribution in [-0.4, -0.2) is 44.4 Å². The molecule has 0 bridgehead atoms. The number of rotatable bonds is 3. The zero-order chi connectivity index (χ0) is 15.1. The summed E-state index contributed by atoms with van der Waals surface area (Å²) >= 11 is 0. The Balaban J connectivity index is 2.22. The number of amides is 1. The fourth-order valence-corrected chi connectivity index (χ4v) is 2.70. The molecule has 1 unspecified atom stereocenters. The van der Waals surface area contributed by atoms with Gasteiger partial charge in [-0.15, -0.1) is 0 Å². The molecule has 0 aliphatic carbocycles. The van der Waals surface area contributed by atoms with Crippen LogP contribution >= 0.6 is 0 Å². The van der Waals surface area contributed by atoms with E-state index in [1.54, 1.807) is 18.0 Å². The van der Waals surface area contributed by atoms with Crippen molar-refractivity contribution in [3.63, 3.8) is 0 Å². The largest absolute Gasteiger partial charge is 0.388 e. The van der Waals surface area contributed by atoms with Gasteiger partial charge in [0.25, 0.3) is 5.91 Å². The standard InChI is InChI=1S/C15H25N3O2/c1-6-7-18-11(2)12(8-16-18)13(19)17-9-14(3,4)15(5,20)10-17/h8,20H,6-7,9-10H2,1-5H3. The Morgan fingerprint density at radius 1 is 1.40 bits per heavy atom. The van der Waals surface area contributed by atoms with E-state index in [0.717, 1.165) is 18.7 Å². The maximum absolute atomic E-state index is 12.6. The summed E-state index contributed by atoms with van der Waals surface area (Å²) in [6.07, 6.45) is 2.63. The highest BCUT2D eigenvalue weighted by Crippen LogP contribution is 2.39. The molecule has 5 nitrogen and oxygen atoms in total. The molecule has 1 atom stereocenters. The molecule has 1 aliphatic rings. The third-order valence-electron chi connectivity index (χ3n) is 4.60. The Bertz CT molecular complexity index is 501. The third kappa shape index (κ3) is 2.35. The minimum Gasteiger partial charge on any atom is -0.388 e. The molecular weight excluding hydrogens is 254 g/mol. The number of aryl methyl sites for hydroxylation is 1. The van der Waals surface area contributed by atoms with Gasteiger partial charge in [0.15, 0.2) is 0 Å². The van der Waals surface area contributed by atoms with Crippen molar-refractivity contribution in [2.45, 2.75) is 53.2 Å². The summed E-state index contributed by atoms with van der Waals surface area (Å²) in [6.45, 7) is 11.6. The van der Waals surface area contributed by atoms with Gasteiger partial charge in [-0.05, 0) is 20.3 Å². The molecule has 1 aromatic rings. The molecule has 20 heavy (non-hydrogen) atoms. The number of likely N-dealkylation sites (tertiary alicyclic amines) is 1. The monoisotopic (exact) mass is 279 g/mol. The summed E-state index contributed by atoms with van der Waals surface area (Å²) in [5.41, 5.74) is 0.402. The zero-order valence-corrected chi connectivity index (χ0v) is 13.1. The Morgan fingerprint density at radius 3 is 2.55 bits per heavy atom. The first-order valence-corrected chi connectivity index (χ1v) is 7.23. The first-order valence-electron chi connectivity index (χ1n) is 7.23. The molecule has 1 saturated heterocycles. The van der Waals surface area contributed by atoms with Crippen molar-refractivity contribution in [3.05, 3.63) is 17.5 Å². The van der Waals surface area contributed by atoms with E-state index >= 15 is 0 Å². The highest BCUT2D eigenvalue weighted by atomic mass is 16.3. The molecule has 0 radical (unpaired) electrons. The molecule has 1 amide bonds. The van der Waals surface area contributed by atoms with E-state index in [1.807, 2.05) is 25.5 Å². The van der Waals surface area contributed by atoms with E-state index in [-0.39, 0.29) is 11.3 Å². The number of β-amino-alcohol motifs (C(OH)–C–C–N with tert-alkyl or cyclic N) is 1. The molecule has 1 fully saturated rings. The van der Waals surface area contributed by atoms with Crippen molar-refractivity contribution in [2.24, 2.45) is 5.41 Å². The number of aromatic nitrogens is 2. The van der Waals surface area contributed by atoms with E-state index in [4.69, 9.17) is 0 Å². The van der Waals surface area contributed by atoms with Crippen molar-refractivity contribution in [3.8, 4) is 0 Å². The SMILES string of the molecule is CCCn1ncc(C(=O)N2CC(C)(C)C(C)(O)C2)c1C. The maximum atomic E-state index is 12.6. The lowest BCUT2D eigenvalue weighted by Gasteiger charge is -2.30. The average molecular weight is 279 g/mol. The Kier molecular flexibility index (Phi) is 3.67. The van der Waals surface area contributed by atoms with Gasteiger partial charge in [-0.1, -0.05) is 20.8 Å². The number of carbonyl (C=O) groups excluding carboxylic acids is 1. The summed E-state index contributed by atoms with van der Waals surface area (Å²) in [7, 11) is 0. The number of aliphatic hydroxyl groups is 1. The number of hydrogen-bond donors (Lipinski definition) is 1. The van der Waals surface area contributed by atoms with E-state index in [9.17, 15) is 9.90 Å². The number of carbonyl (C=O) groups is 1. The van der Waals surface area contributed by atoms with Gasteiger partial charge in [0.05, 0.1) is 23.9 Å². The predicted molar refractivity (Wildman–Crippen MR) is 77.6 cm³/mol. The highest BCUT2D eigenvalue weighted by molar-refractivity contribution is 5.95. The van der Waals surface area contributed by atoms with Crippen molar-refractivity contribution in [1.29, 1.82) is 0 Å². The quantitative estimate of drug-likeness (QED) is 0.918. The number of hydrogen-bond acceptors (Lipinski definition) is 3.